The van der Waals surface area contributed by atoms with E-state index in [0.717, 1.165) is 5.56 Å². The molecule has 2 rings (SSSR count). The molecule has 0 bridgehead atoms. The molecule has 1 unspecified atom stereocenters. The first-order chi connectivity index (χ1) is 11.4. The Hall–Kier alpha value is -1.91. The molecule has 24 heavy (non-hydrogen) atoms. The van der Waals surface area contributed by atoms with E-state index in [-0.39, 0.29) is 18.7 Å². The lowest BCUT2D eigenvalue weighted by Crippen LogP contribution is -2.54. The van der Waals surface area contributed by atoms with Crippen LogP contribution in [0, 0.1) is 5.92 Å². The third-order valence-electron chi connectivity index (χ3n) is 3.87. The predicted molar refractivity (Wildman–Crippen MR) is 85.4 cm³/mol. The van der Waals surface area contributed by atoms with Gasteiger partial charge in [0.1, 0.15) is 0 Å². The molecule has 1 aromatic rings. The molecule has 4 N–H and O–H groups in total. The van der Waals surface area contributed by atoms with Gasteiger partial charge in [0.2, 0.25) is 5.91 Å². The van der Waals surface area contributed by atoms with E-state index in [2.05, 4.69) is 5.32 Å². The molecule has 3 atom stereocenters. The first kappa shape index (κ1) is 18.4. The highest BCUT2D eigenvalue weighted by atomic mass is 32.1. The summed E-state index contributed by atoms with van der Waals surface area (Å²) in [4.78, 5) is 33.9. The van der Waals surface area contributed by atoms with Crippen LogP contribution in [0.15, 0.2) is 16.8 Å². The maximum Gasteiger partial charge on any atom is 0.478 e. The van der Waals surface area contributed by atoms with Crippen molar-refractivity contribution >= 4 is 36.3 Å². The number of aliphatic carboxylic acids is 2. The minimum absolute atomic E-state index is 0.187. The summed E-state index contributed by atoms with van der Waals surface area (Å²) in [6.07, 6.45) is -0.747. The molecule has 0 aromatic carbocycles. The van der Waals surface area contributed by atoms with Gasteiger partial charge in [0, 0.05) is 0 Å². The van der Waals surface area contributed by atoms with Crippen molar-refractivity contribution in [3.8, 4) is 0 Å². The molecular weight excluding hydrogens is 337 g/mol. The van der Waals surface area contributed by atoms with Crippen LogP contribution in [-0.2, 0) is 25.5 Å². The summed E-state index contributed by atoms with van der Waals surface area (Å²) in [5.74, 6) is -4.67. The molecule has 1 amide bonds. The van der Waals surface area contributed by atoms with Gasteiger partial charge in [-0.15, -0.1) is 0 Å². The molecule has 0 radical (unpaired) electrons. The van der Waals surface area contributed by atoms with Gasteiger partial charge in [0.25, 0.3) is 0 Å². The number of carboxylic acids is 2. The van der Waals surface area contributed by atoms with Crippen LogP contribution in [0.5, 0.6) is 0 Å². The van der Waals surface area contributed by atoms with Gasteiger partial charge < -0.3 is 25.2 Å². The molecule has 0 aliphatic carbocycles. The Kier molecular flexibility index (Phi) is 6.35. The number of thiophene rings is 1. The van der Waals surface area contributed by atoms with Crippen LogP contribution < -0.4 is 5.32 Å². The molecule has 1 aliphatic heterocycles. The quantitative estimate of drug-likeness (QED) is 0.512. The standard InChI is InChI=1S/C14H18BNO7S/c17-12(5-8-3-4-24-7-8)16-11-2-1-10(23-15(11)22)9(14(20)21)6-13(18)19/h3-4,7,9-11,22H,1-2,5-6H2,(H,16,17)(H,18,19)(H,20,21)/t9?,10-,11-/m0/s1. The maximum atomic E-state index is 11.9. The van der Waals surface area contributed by atoms with Crippen LogP contribution >= 0.6 is 11.3 Å². The fourth-order valence-electron chi connectivity index (χ4n) is 2.67. The van der Waals surface area contributed by atoms with Crippen molar-refractivity contribution in [1.82, 2.24) is 5.32 Å². The number of nitrogens with one attached hydrogen (secondary N) is 1. The van der Waals surface area contributed by atoms with Crippen molar-refractivity contribution in [1.29, 1.82) is 0 Å². The normalized spacial score (nSPS) is 22.0. The average Bonchev–Trinajstić information content (AvgIpc) is 2.99. The summed E-state index contributed by atoms with van der Waals surface area (Å²) in [7, 11) is -1.37. The Bertz CT molecular complexity index is 594. The van der Waals surface area contributed by atoms with E-state index in [4.69, 9.17) is 14.9 Å². The second kappa shape index (κ2) is 8.27. The minimum Gasteiger partial charge on any atom is -0.481 e. The largest absolute Gasteiger partial charge is 0.481 e. The number of hydrogen-bond acceptors (Lipinski definition) is 6. The highest BCUT2D eigenvalue weighted by Crippen LogP contribution is 2.25. The molecule has 0 saturated carbocycles. The first-order valence-electron chi connectivity index (χ1n) is 7.45. The molecule has 10 heteroatoms. The third kappa shape index (κ3) is 5.05. The summed E-state index contributed by atoms with van der Waals surface area (Å²) < 4.78 is 5.26. The first-order valence-corrected chi connectivity index (χ1v) is 8.39. The minimum atomic E-state index is -1.37. The molecule has 8 nitrogen and oxygen atoms in total. The lowest BCUT2D eigenvalue weighted by Gasteiger charge is -2.34. The number of rotatable bonds is 7. The Labute approximate surface area is 142 Å². The van der Waals surface area contributed by atoms with E-state index in [1.54, 1.807) is 0 Å². The lowest BCUT2D eigenvalue weighted by atomic mass is 9.71. The molecule has 0 spiro atoms. The van der Waals surface area contributed by atoms with Crippen molar-refractivity contribution in [2.24, 2.45) is 5.92 Å². The van der Waals surface area contributed by atoms with Crippen LogP contribution in [0.1, 0.15) is 24.8 Å². The zero-order chi connectivity index (χ0) is 17.7. The van der Waals surface area contributed by atoms with Crippen LogP contribution in [0.3, 0.4) is 0 Å². The fourth-order valence-corrected chi connectivity index (χ4v) is 3.34. The highest BCUT2D eigenvalue weighted by Gasteiger charge is 2.41. The number of carboxylic acid groups (broad SMARTS) is 2. The van der Waals surface area contributed by atoms with Gasteiger partial charge in [-0.2, -0.15) is 11.3 Å². The Morgan fingerprint density at radius 2 is 2.12 bits per heavy atom. The Morgan fingerprint density at radius 1 is 1.38 bits per heavy atom. The van der Waals surface area contributed by atoms with Crippen molar-refractivity contribution in [2.45, 2.75) is 37.7 Å². The molecule has 130 valence electrons. The number of hydrogen-bond donors (Lipinski definition) is 4. The average molecular weight is 355 g/mol. The van der Waals surface area contributed by atoms with Crippen molar-refractivity contribution in [3.63, 3.8) is 0 Å². The van der Waals surface area contributed by atoms with E-state index in [1.807, 2.05) is 16.8 Å². The van der Waals surface area contributed by atoms with Gasteiger partial charge in [-0.25, -0.2) is 0 Å². The molecule has 1 saturated heterocycles. The van der Waals surface area contributed by atoms with Gasteiger partial charge in [0.15, 0.2) is 0 Å². The van der Waals surface area contributed by atoms with E-state index in [9.17, 15) is 19.4 Å². The van der Waals surface area contributed by atoms with Gasteiger partial charge in [-0.05, 0) is 35.2 Å². The van der Waals surface area contributed by atoms with E-state index in [0.29, 0.717) is 6.42 Å². The van der Waals surface area contributed by atoms with E-state index in [1.165, 1.54) is 11.3 Å². The molecular formula is C14H18BNO7S. The summed E-state index contributed by atoms with van der Waals surface area (Å²) in [6.45, 7) is 0. The van der Waals surface area contributed by atoms with Gasteiger partial charge in [-0.1, -0.05) is 0 Å². The smallest absolute Gasteiger partial charge is 0.478 e. The van der Waals surface area contributed by atoms with E-state index >= 15 is 0 Å². The molecule has 2 heterocycles. The lowest BCUT2D eigenvalue weighted by molar-refractivity contribution is -0.152. The highest BCUT2D eigenvalue weighted by molar-refractivity contribution is 7.08. The van der Waals surface area contributed by atoms with Crippen molar-refractivity contribution < 1.29 is 34.3 Å². The van der Waals surface area contributed by atoms with Crippen LogP contribution in [0.2, 0.25) is 0 Å². The maximum absolute atomic E-state index is 11.9. The number of carbonyl (C=O) groups excluding carboxylic acids is 1. The monoisotopic (exact) mass is 355 g/mol. The fraction of sp³-hybridized carbons (Fsp3) is 0.500. The topological polar surface area (TPSA) is 133 Å². The van der Waals surface area contributed by atoms with Crippen LogP contribution in [0.4, 0.5) is 0 Å². The molecule has 1 aliphatic rings. The Balaban J connectivity index is 1.88. The van der Waals surface area contributed by atoms with Gasteiger partial charge in [0.05, 0.1) is 30.8 Å². The molecule has 1 fully saturated rings. The third-order valence-corrected chi connectivity index (χ3v) is 4.60. The van der Waals surface area contributed by atoms with E-state index < -0.39 is 43.4 Å². The summed E-state index contributed by atoms with van der Waals surface area (Å²) in [5.41, 5.74) is 0.869. The zero-order valence-corrected chi connectivity index (χ0v) is 13.6. The zero-order valence-electron chi connectivity index (χ0n) is 12.8. The predicted octanol–water partition coefficient (Wildman–Crippen LogP) is 0.150. The van der Waals surface area contributed by atoms with Crippen LogP contribution in [0.25, 0.3) is 0 Å². The second-order valence-electron chi connectivity index (χ2n) is 5.67. The van der Waals surface area contributed by atoms with Crippen molar-refractivity contribution in [2.75, 3.05) is 0 Å². The van der Waals surface area contributed by atoms with Gasteiger partial charge in [-0.3, -0.25) is 14.4 Å². The number of carbonyl (C=O) groups is 3. The van der Waals surface area contributed by atoms with Gasteiger partial charge >= 0.3 is 19.1 Å². The summed E-state index contributed by atoms with van der Waals surface area (Å²) in [5, 5.41) is 34.3. The van der Waals surface area contributed by atoms with Crippen LogP contribution in [-0.4, -0.2) is 52.2 Å². The summed E-state index contributed by atoms with van der Waals surface area (Å²) in [6, 6.07) is 1.83. The van der Waals surface area contributed by atoms with Crippen molar-refractivity contribution in [3.05, 3.63) is 22.4 Å². The Morgan fingerprint density at radius 3 is 2.67 bits per heavy atom. The molecule has 1 aromatic heterocycles. The number of amides is 1. The summed E-state index contributed by atoms with van der Waals surface area (Å²) >= 11 is 1.48. The second-order valence-corrected chi connectivity index (χ2v) is 6.45. The SMILES string of the molecule is O=C(O)CC(C(=O)O)[C@@H]1CC[C@H](NC(=O)Cc2ccsc2)B(O)O1.